The van der Waals surface area contributed by atoms with Crippen LogP contribution in [0.15, 0.2) is 54.6 Å². The van der Waals surface area contributed by atoms with E-state index >= 15 is 0 Å². The van der Waals surface area contributed by atoms with Crippen LogP contribution < -0.4 is 5.32 Å². The van der Waals surface area contributed by atoms with E-state index in [1.165, 1.54) is 16.7 Å². The first kappa shape index (κ1) is 15.7. The smallest absolute Gasteiger partial charge is 0.0502 e. The zero-order valence-electron chi connectivity index (χ0n) is 13.0. The molecule has 0 radical (unpaired) electrons. The van der Waals surface area contributed by atoms with Crippen molar-refractivity contribution in [2.75, 3.05) is 20.3 Å². The summed E-state index contributed by atoms with van der Waals surface area (Å²) in [6.45, 7) is 3.91. The number of ether oxygens (including phenoxy) is 1. The van der Waals surface area contributed by atoms with Gasteiger partial charge in [-0.1, -0.05) is 61.5 Å². The van der Waals surface area contributed by atoms with Crippen LogP contribution in [-0.2, 0) is 17.6 Å². The van der Waals surface area contributed by atoms with Crippen LogP contribution in [0.25, 0.3) is 0 Å². The van der Waals surface area contributed by atoms with Gasteiger partial charge in [-0.3, -0.25) is 0 Å². The Bertz CT molecular complexity index is 507. The molecule has 0 fully saturated rings. The third-order valence-electron chi connectivity index (χ3n) is 3.71. The maximum Gasteiger partial charge on any atom is 0.0502 e. The third kappa shape index (κ3) is 5.00. The lowest BCUT2D eigenvalue weighted by Gasteiger charge is -2.19. The second-order valence-corrected chi connectivity index (χ2v) is 5.28. The summed E-state index contributed by atoms with van der Waals surface area (Å²) >= 11 is 0. The molecule has 0 spiro atoms. The van der Waals surface area contributed by atoms with Gasteiger partial charge in [0.1, 0.15) is 0 Å². The molecule has 21 heavy (non-hydrogen) atoms. The molecule has 0 saturated carbocycles. The van der Waals surface area contributed by atoms with E-state index in [9.17, 15) is 0 Å². The molecule has 1 N–H and O–H groups in total. The average Bonchev–Trinajstić information content (AvgIpc) is 2.54. The standard InChI is InChI=1S/C19H25NO/c1-3-20-19(15-17-7-5-4-6-8-17)18-11-9-16(10-12-18)13-14-21-2/h4-12,19-20H,3,13-15H2,1-2H3. The third-order valence-corrected chi connectivity index (χ3v) is 3.71. The van der Waals surface area contributed by atoms with E-state index in [0.29, 0.717) is 6.04 Å². The van der Waals surface area contributed by atoms with Crippen LogP contribution >= 0.6 is 0 Å². The Morgan fingerprint density at radius 1 is 0.952 bits per heavy atom. The minimum atomic E-state index is 0.369. The Morgan fingerprint density at radius 3 is 2.29 bits per heavy atom. The molecule has 0 aromatic heterocycles. The van der Waals surface area contributed by atoms with E-state index in [1.807, 2.05) is 0 Å². The van der Waals surface area contributed by atoms with Crippen molar-refractivity contribution in [3.63, 3.8) is 0 Å². The second kappa shape index (κ2) is 8.60. The summed E-state index contributed by atoms with van der Waals surface area (Å²) in [7, 11) is 1.75. The first-order chi connectivity index (χ1) is 10.3. The van der Waals surface area contributed by atoms with Crippen LogP contribution in [0.3, 0.4) is 0 Å². The predicted octanol–water partition coefficient (Wildman–Crippen LogP) is 3.77. The quantitative estimate of drug-likeness (QED) is 0.796. The van der Waals surface area contributed by atoms with Gasteiger partial charge in [0.2, 0.25) is 0 Å². The molecule has 2 heteroatoms. The molecular weight excluding hydrogens is 258 g/mol. The summed E-state index contributed by atoms with van der Waals surface area (Å²) in [5, 5.41) is 3.59. The van der Waals surface area contributed by atoms with Crippen LogP contribution in [-0.4, -0.2) is 20.3 Å². The normalized spacial score (nSPS) is 12.3. The van der Waals surface area contributed by atoms with Gasteiger partial charge in [-0.15, -0.1) is 0 Å². The van der Waals surface area contributed by atoms with Gasteiger partial charge in [-0.2, -0.15) is 0 Å². The number of rotatable bonds is 8. The van der Waals surface area contributed by atoms with E-state index in [-0.39, 0.29) is 0 Å². The Morgan fingerprint density at radius 2 is 1.67 bits per heavy atom. The minimum Gasteiger partial charge on any atom is -0.384 e. The lowest BCUT2D eigenvalue weighted by atomic mass is 9.97. The summed E-state index contributed by atoms with van der Waals surface area (Å²) in [6, 6.07) is 19.9. The molecule has 2 rings (SSSR count). The van der Waals surface area contributed by atoms with E-state index in [0.717, 1.165) is 26.0 Å². The second-order valence-electron chi connectivity index (χ2n) is 5.28. The van der Waals surface area contributed by atoms with E-state index < -0.39 is 0 Å². The van der Waals surface area contributed by atoms with Crippen molar-refractivity contribution in [2.45, 2.75) is 25.8 Å². The van der Waals surface area contributed by atoms with Crippen molar-refractivity contribution in [2.24, 2.45) is 0 Å². The van der Waals surface area contributed by atoms with Gasteiger partial charge in [0.05, 0.1) is 6.61 Å². The summed E-state index contributed by atoms with van der Waals surface area (Å²) in [6.07, 6.45) is 1.99. The monoisotopic (exact) mass is 283 g/mol. The first-order valence-electron chi connectivity index (χ1n) is 7.68. The summed E-state index contributed by atoms with van der Waals surface area (Å²) in [4.78, 5) is 0. The molecule has 0 heterocycles. The number of benzene rings is 2. The molecule has 1 unspecified atom stereocenters. The molecule has 0 amide bonds. The average molecular weight is 283 g/mol. The Balaban J connectivity index is 2.06. The van der Waals surface area contributed by atoms with Crippen LogP contribution in [0, 0.1) is 0 Å². The zero-order valence-corrected chi connectivity index (χ0v) is 13.0. The van der Waals surface area contributed by atoms with E-state index in [2.05, 4.69) is 66.8 Å². The fourth-order valence-electron chi connectivity index (χ4n) is 2.54. The number of hydrogen-bond donors (Lipinski definition) is 1. The highest BCUT2D eigenvalue weighted by Crippen LogP contribution is 2.19. The van der Waals surface area contributed by atoms with Crippen LogP contribution in [0.1, 0.15) is 29.7 Å². The Kier molecular flexibility index (Phi) is 6.45. The Labute approximate surface area is 128 Å². The lowest BCUT2D eigenvalue weighted by Crippen LogP contribution is -2.22. The maximum absolute atomic E-state index is 5.13. The summed E-state index contributed by atoms with van der Waals surface area (Å²) < 4.78 is 5.13. The molecule has 1 atom stereocenters. The van der Waals surface area contributed by atoms with Gasteiger partial charge in [0, 0.05) is 13.2 Å². The van der Waals surface area contributed by atoms with Crippen molar-refractivity contribution < 1.29 is 4.74 Å². The van der Waals surface area contributed by atoms with Gasteiger partial charge in [0.15, 0.2) is 0 Å². The fourth-order valence-corrected chi connectivity index (χ4v) is 2.54. The van der Waals surface area contributed by atoms with Crippen molar-refractivity contribution in [1.29, 1.82) is 0 Å². The highest BCUT2D eigenvalue weighted by atomic mass is 16.5. The topological polar surface area (TPSA) is 21.3 Å². The SMILES string of the molecule is CCNC(Cc1ccccc1)c1ccc(CCOC)cc1. The number of hydrogen-bond acceptors (Lipinski definition) is 2. The van der Waals surface area contributed by atoms with E-state index in [1.54, 1.807) is 7.11 Å². The summed E-state index contributed by atoms with van der Waals surface area (Å²) in [5.74, 6) is 0. The first-order valence-corrected chi connectivity index (χ1v) is 7.68. The van der Waals surface area contributed by atoms with Crippen molar-refractivity contribution in [1.82, 2.24) is 5.32 Å². The van der Waals surface area contributed by atoms with Gasteiger partial charge >= 0.3 is 0 Å². The highest BCUT2D eigenvalue weighted by molar-refractivity contribution is 5.27. The maximum atomic E-state index is 5.13. The van der Waals surface area contributed by atoms with Crippen molar-refractivity contribution in [3.05, 3.63) is 71.3 Å². The summed E-state index contributed by atoms with van der Waals surface area (Å²) in [5.41, 5.74) is 4.05. The Hall–Kier alpha value is -1.64. The predicted molar refractivity (Wildman–Crippen MR) is 88.6 cm³/mol. The van der Waals surface area contributed by atoms with Gasteiger partial charge in [-0.05, 0) is 36.1 Å². The van der Waals surface area contributed by atoms with Crippen molar-refractivity contribution >= 4 is 0 Å². The molecule has 0 aliphatic rings. The lowest BCUT2D eigenvalue weighted by molar-refractivity contribution is 0.202. The minimum absolute atomic E-state index is 0.369. The highest BCUT2D eigenvalue weighted by Gasteiger charge is 2.10. The van der Waals surface area contributed by atoms with E-state index in [4.69, 9.17) is 4.74 Å². The van der Waals surface area contributed by atoms with Gasteiger partial charge in [0.25, 0.3) is 0 Å². The van der Waals surface area contributed by atoms with Gasteiger partial charge in [-0.25, -0.2) is 0 Å². The number of likely N-dealkylation sites (N-methyl/N-ethyl adjacent to an activating group) is 1. The number of methoxy groups -OCH3 is 1. The molecule has 2 aromatic carbocycles. The fraction of sp³-hybridized carbons (Fsp3) is 0.368. The zero-order chi connectivity index (χ0) is 14.9. The molecule has 0 aliphatic heterocycles. The number of nitrogens with one attached hydrogen (secondary N) is 1. The molecule has 0 bridgehead atoms. The van der Waals surface area contributed by atoms with Crippen LogP contribution in [0.4, 0.5) is 0 Å². The molecular formula is C19H25NO. The largest absolute Gasteiger partial charge is 0.384 e. The molecule has 112 valence electrons. The molecule has 2 nitrogen and oxygen atoms in total. The molecule has 2 aromatic rings. The van der Waals surface area contributed by atoms with Gasteiger partial charge < -0.3 is 10.1 Å². The van der Waals surface area contributed by atoms with Crippen LogP contribution in [0.2, 0.25) is 0 Å². The van der Waals surface area contributed by atoms with Crippen molar-refractivity contribution in [3.8, 4) is 0 Å². The van der Waals surface area contributed by atoms with Crippen LogP contribution in [0.5, 0.6) is 0 Å². The molecule has 0 aliphatic carbocycles. The molecule has 0 saturated heterocycles.